The van der Waals surface area contributed by atoms with Crippen LogP contribution in [0.15, 0.2) is 16.7 Å². The number of hydrogen-bond donors (Lipinski definition) is 2. The number of carbonyl (C=O) groups is 1. The van der Waals surface area contributed by atoms with Crippen molar-refractivity contribution in [2.75, 3.05) is 19.4 Å². The van der Waals surface area contributed by atoms with Crippen LogP contribution < -0.4 is 5.32 Å². The molecule has 7 nitrogen and oxygen atoms in total. The Kier molecular flexibility index (Phi) is 2.96. The first kappa shape index (κ1) is 9.17. The van der Waals surface area contributed by atoms with Gasteiger partial charge in [0.15, 0.2) is 11.6 Å². The van der Waals surface area contributed by atoms with E-state index in [4.69, 9.17) is 0 Å². The number of nitrogens with zero attached hydrogens (tertiary/aromatic N) is 4. The van der Waals surface area contributed by atoms with Crippen LogP contribution in [0.25, 0.3) is 0 Å². The average molecular weight is 182 g/mol. The van der Waals surface area contributed by atoms with Gasteiger partial charge in [-0.2, -0.15) is 0 Å². The predicted molar refractivity (Wildman–Crippen MR) is 46.5 cm³/mol. The van der Waals surface area contributed by atoms with E-state index in [-0.39, 0.29) is 0 Å². The maximum Gasteiger partial charge on any atom is 0.212 e. The minimum atomic E-state index is 0.362. The van der Waals surface area contributed by atoms with Gasteiger partial charge in [-0.1, -0.05) is 5.22 Å². The minimum Gasteiger partial charge on any atom is -0.326 e. The van der Waals surface area contributed by atoms with Gasteiger partial charge in [0.2, 0.25) is 6.41 Å². The van der Waals surface area contributed by atoms with Crippen LogP contribution in [-0.2, 0) is 4.79 Å². The summed E-state index contributed by atoms with van der Waals surface area (Å²) in [6.07, 6.45) is 1.96. The number of amides is 1. The number of hydrogen-bond acceptors (Lipinski definition) is 4. The molecule has 0 atom stereocenters. The van der Waals surface area contributed by atoms with Crippen molar-refractivity contribution in [3.8, 4) is 0 Å². The zero-order valence-corrected chi connectivity index (χ0v) is 7.35. The van der Waals surface area contributed by atoms with Crippen molar-refractivity contribution in [1.29, 1.82) is 0 Å². The third kappa shape index (κ3) is 2.55. The number of nitrogens with one attached hydrogen (secondary N) is 2. The van der Waals surface area contributed by atoms with E-state index < -0.39 is 0 Å². The maximum atomic E-state index is 10.1. The molecule has 0 radical (unpaired) electrons. The lowest BCUT2D eigenvalue weighted by Gasteiger charge is -1.99. The lowest BCUT2D eigenvalue weighted by atomic mass is 10.6. The molecule has 0 spiro atoms. The van der Waals surface area contributed by atoms with Crippen LogP contribution in [0.4, 0.5) is 11.6 Å². The standard InChI is InChI=1S/C6H10N6O/c1-12(2)11-10-6-5(9-4-13)7-3-8-6/h3-4H,1-2H3,(H,7,8)(H,9,13). The second-order valence-electron chi connectivity index (χ2n) is 2.40. The Hall–Kier alpha value is -1.92. The highest BCUT2D eigenvalue weighted by molar-refractivity contribution is 5.74. The molecule has 0 aliphatic carbocycles. The van der Waals surface area contributed by atoms with Crippen molar-refractivity contribution in [2.45, 2.75) is 0 Å². The van der Waals surface area contributed by atoms with Gasteiger partial charge < -0.3 is 10.3 Å². The van der Waals surface area contributed by atoms with Gasteiger partial charge in [-0.05, 0) is 0 Å². The van der Waals surface area contributed by atoms with E-state index in [2.05, 4.69) is 25.6 Å². The van der Waals surface area contributed by atoms with Gasteiger partial charge in [0.05, 0.1) is 6.33 Å². The van der Waals surface area contributed by atoms with Crippen molar-refractivity contribution in [1.82, 2.24) is 15.0 Å². The summed E-state index contributed by atoms with van der Waals surface area (Å²) in [5.41, 5.74) is 0. The smallest absolute Gasteiger partial charge is 0.212 e. The van der Waals surface area contributed by atoms with Crippen molar-refractivity contribution in [3.05, 3.63) is 6.33 Å². The number of aromatic nitrogens is 2. The van der Waals surface area contributed by atoms with Crippen LogP contribution in [0.1, 0.15) is 0 Å². The number of rotatable bonds is 4. The zero-order valence-electron chi connectivity index (χ0n) is 7.35. The van der Waals surface area contributed by atoms with Gasteiger partial charge in [0.1, 0.15) is 0 Å². The minimum absolute atomic E-state index is 0.362. The van der Waals surface area contributed by atoms with E-state index in [0.717, 1.165) is 0 Å². The average Bonchev–Trinajstić information content (AvgIpc) is 2.49. The SMILES string of the molecule is CN(C)N=Nc1[nH]cnc1NC=O. The van der Waals surface area contributed by atoms with Gasteiger partial charge in [-0.3, -0.25) is 9.80 Å². The number of anilines is 1. The summed E-state index contributed by atoms with van der Waals surface area (Å²) in [6.45, 7) is 0. The Morgan fingerprint density at radius 2 is 2.46 bits per heavy atom. The van der Waals surface area contributed by atoms with E-state index in [1.54, 1.807) is 14.1 Å². The van der Waals surface area contributed by atoms with Gasteiger partial charge in [-0.25, -0.2) is 4.98 Å². The van der Waals surface area contributed by atoms with Crippen molar-refractivity contribution >= 4 is 18.0 Å². The Morgan fingerprint density at radius 3 is 3.08 bits per heavy atom. The lowest BCUT2D eigenvalue weighted by molar-refractivity contribution is -0.105. The largest absolute Gasteiger partial charge is 0.326 e. The molecule has 0 bridgehead atoms. The summed E-state index contributed by atoms with van der Waals surface area (Å²) in [7, 11) is 3.49. The summed E-state index contributed by atoms with van der Waals surface area (Å²) in [5.74, 6) is 0.779. The van der Waals surface area contributed by atoms with Gasteiger partial charge in [0.25, 0.3) is 0 Å². The normalized spacial score (nSPS) is 10.3. The third-order valence-electron chi connectivity index (χ3n) is 1.14. The highest BCUT2D eigenvalue weighted by Crippen LogP contribution is 2.18. The molecule has 13 heavy (non-hydrogen) atoms. The highest BCUT2D eigenvalue weighted by Gasteiger charge is 2.02. The lowest BCUT2D eigenvalue weighted by Crippen LogP contribution is -1.99. The first-order valence-corrected chi connectivity index (χ1v) is 3.56. The van der Waals surface area contributed by atoms with E-state index in [9.17, 15) is 4.79 Å². The summed E-state index contributed by atoms with van der Waals surface area (Å²) in [6, 6.07) is 0. The Balaban J connectivity index is 2.75. The highest BCUT2D eigenvalue weighted by atomic mass is 16.1. The van der Waals surface area contributed by atoms with Crippen LogP contribution in [-0.4, -0.2) is 35.5 Å². The number of carbonyl (C=O) groups excluding carboxylic acids is 1. The molecule has 0 aromatic carbocycles. The van der Waals surface area contributed by atoms with Crippen LogP contribution in [0.2, 0.25) is 0 Å². The fourth-order valence-electron chi connectivity index (χ4n) is 0.659. The molecule has 1 aromatic heterocycles. The van der Waals surface area contributed by atoms with Gasteiger partial charge in [-0.15, -0.1) is 5.11 Å². The second kappa shape index (κ2) is 4.19. The molecular weight excluding hydrogens is 172 g/mol. The third-order valence-corrected chi connectivity index (χ3v) is 1.14. The fourth-order valence-corrected chi connectivity index (χ4v) is 0.659. The molecule has 1 heterocycles. The summed E-state index contributed by atoms with van der Waals surface area (Å²) in [4.78, 5) is 16.7. The van der Waals surface area contributed by atoms with Crippen molar-refractivity contribution in [2.24, 2.45) is 10.3 Å². The molecule has 0 saturated heterocycles. The maximum absolute atomic E-state index is 10.1. The quantitative estimate of drug-likeness (QED) is 0.404. The van der Waals surface area contributed by atoms with E-state index in [0.29, 0.717) is 18.0 Å². The fraction of sp³-hybridized carbons (Fsp3) is 0.333. The van der Waals surface area contributed by atoms with Crippen LogP contribution >= 0.6 is 0 Å². The molecule has 7 heteroatoms. The van der Waals surface area contributed by atoms with Gasteiger partial charge in [0, 0.05) is 14.1 Å². The molecular formula is C6H10N6O. The molecule has 1 aromatic rings. The molecule has 2 N–H and O–H groups in total. The molecule has 0 aliphatic rings. The van der Waals surface area contributed by atoms with E-state index >= 15 is 0 Å². The van der Waals surface area contributed by atoms with Crippen LogP contribution in [0.5, 0.6) is 0 Å². The number of aromatic amines is 1. The zero-order chi connectivity index (χ0) is 9.68. The molecule has 1 rings (SSSR count). The van der Waals surface area contributed by atoms with Gasteiger partial charge >= 0.3 is 0 Å². The number of imidazole rings is 1. The topological polar surface area (TPSA) is 85.7 Å². The summed E-state index contributed by atoms with van der Waals surface area (Å²) in [5, 5.41) is 11.5. The Bertz CT molecular complexity index is 304. The monoisotopic (exact) mass is 182 g/mol. The van der Waals surface area contributed by atoms with Crippen molar-refractivity contribution in [3.63, 3.8) is 0 Å². The summed E-state index contributed by atoms with van der Waals surface area (Å²) >= 11 is 0. The first-order valence-electron chi connectivity index (χ1n) is 3.56. The molecule has 1 amide bonds. The molecule has 0 aliphatic heterocycles. The molecule has 70 valence electrons. The number of H-pyrrole nitrogens is 1. The molecule has 0 saturated carbocycles. The summed E-state index contributed by atoms with van der Waals surface area (Å²) < 4.78 is 0. The Morgan fingerprint density at radius 1 is 1.69 bits per heavy atom. The first-order chi connectivity index (χ1) is 6.24. The van der Waals surface area contributed by atoms with Crippen LogP contribution in [0.3, 0.4) is 0 Å². The van der Waals surface area contributed by atoms with Crippen molar-refractivity contribution < 1.29 is 4.79 Å². The van der Waals surface area contributed by atoms with E-state index in [1.165, 1.54) is 11.3 Å². The molecule has 0 fully saturated rings. The van der Waals surface area contributed by atoms with Crippen LogP contribution in [0, 0.1) is 0 Å². The Labute approximate surface area is 74.8 Å². The predicted octanol–water partition coefficient (Wildman–Crippen LogP) is 0.538. The molecule has 0 unspecified atom stereocenters. The second-order valence-corrected chi connectivity index (χ2v) is 2.40. The van der Waals surface area contributed by atoms with E-state index in [1.807, 2.05) is 0 Å².